The molecule has 0 bridgehead atoms. The molecule has 1 aliphatic carbocycles. The number of hydrogen-bond donors (Lipinski definition) is 1. The average Bonchev–Trinajstić information content (AvgIpc) is 3.50. The quantitative estimate of drug-likeness (QED) is 0.148. The molecular formula is C56H45N3. The SMILES string of the molecule is C=C/C(=C\C=C/C)N(c1ccccc1)c1ccc2c(c1)C(C)(C)c1cc(-c3ccc4c5c(cccc35)Nc3cc(N(c5ccccc5)c5ccccc5)ccc3-4)ccc1-2. The van der Waals surface area contributed by atoms with E-state index >= 15 is 0 Å². The Morgan fingerprint density at radius 1 is 0.525 bits per heavy atom. The van der Waals surface area contributed by atoms with Crippen molar-refractivity contribution in [2.75, 3.05) is 15.1 Å². The molecule has 8 aromatic rings. The van der Waals surface area contributed by atoms with Crippen molar-refractivity contribution in [2.45, 2.75) is 26.2 Å². The Hall–Kier alpha value is -7.36. The molecule has 0 fully saturated rings. The van der Waals surface area contributed by atoms with Gasteiger partial charge in [-0.1, -0.05) is 136 Å². The van der Waals surface area contributed by atoms with Gasteiger partial charge in [0.25, 0.3) is 0 Å². The van der Waals surface area contributed by atoms with Crippen LogP contribution in [0.1, 0.15) is 31.9 Å². The molecule has 0 radical (unpaired) electrons. The van der Waals surface area contributed by atoms with Crippen molar-refractivity contribution in [2.24, 2.45) is 0 Å². The van der Waals surface area contributed by atoms with Gasteiger partial charge in [0, 0.05) is 61.9 Å². The summed E-state index contributed by atoms with van der Waals surface area (Å²) in [6.45, 7) is 11.0. The Bertz CT molecular complexity index is 2920. The van der Waals surface area contributed by atoms with Crippen LogP contribution in [0.3, 0.4) is 0 Å². The molecule has 10 rings (SSSR count). The van der Waals surface area contributed by atoms with Crippen LogP contribution < -0.4 is 15.1 Å². The lowest BCUT2D eigenvalue weighted by molar-refractivity contribution is 0.660. The summed E-state index contributed by atoms with van der Waals surface area (Å²) in [5.41, 5.74) is 18.8. The summed E-state index contributed by atoms with van der Waals surface area (Å²) in [5, 5.41) is 6.36. The first-order chi connectivity index (χ1) is 28.9. The molecule has 3 heteroatoms. The normalized spacial score (nSPS) is 13.4. The highest BCUT2D eigenvalue weighted by Gasteiger charge is 2.36. The van der Waals surface area contributed by atoms with E-state index in [0.717, 1.165) is 45.5 Å². The van der Waals surface area contributed by atoms with Gasteiger partial charge in [-0.25, -0.2) is 0 Å². The first kappa shape index (κ1) is 36.0. The van der Waals surface area contributed by atoms with E-state index in [0.29, 0.717) is 0 Å². The third-order valence-electron chi connectivity index (χ3n) is 12.1. The van der Waals surface area contributed by atoms with E-state index in [2.05, 4.69) is 224 Å². The van der Waals surface area contributed by atoms with Crippen molar-refractivity contribution in [1.29, 1.82) is 0 Å². The van der Waals surface area contributed by atoms with Crippen molar-refractivity contribution in [3.8, 4) is 33.4 Å². The van der Waals surface area contributed by atoms with E-state index in [4.69, 9.17) is 0 Å². The Morgan fingerprint density at radius 3 is 1.80 bits per heavy atom. The summed E-state index contributed by atoms with van der Waals surface area (Å²) in [5.74, 6) is 0. The summed E-state index contributed by atoms with van der Waals surface area (Å²) in [6.07, 6.45) is 8.18. The standard InChI is InChI=1S/C56H45N3/c1-5-7-18-39(6-2)58(40-19-11-8-12-20-40)43-28-31-47-46-30-27-38(35-51(46)56(3,4)52(47)36-43)45-33-34-50-48-32-29-44(37-54(48)57-53-26-17-25-49(45)55(50)53)59(41-21-13-9-14-22-41)42-23-15-10-16-24-42/h5-37,57H,2H2,1,3-4H3/b7-5-,39-18+. The monoisotopic (exact) mass is 759 g/mol. The minimum Gasteiger partial charge on any atom is -0.354 e. The van der Waals surface area contributed by atoms with Gasteiger partial charge in [0.2, 0.25) is 0 Å². The summed E-state index contributed by atoms with van der Waals surface area (Å²) in [6, 6.07) is 63.9. The molecule has 0 saturated carbocycles. The number of allylic oxidation sites excluding steroid dienone is 4. The van der Waals surface area contributed by atoms with Crippen LogP contribution in [0.2, 0.25) is 0 Å². The van der Waals surface area contributed by atoms with Gasteiger partial charge in [-0.15, -0.1) is 0 Å². The molecule has 1 aliphatic heterocycles. The number of para-hydroxylation sites is 3. The van der Waals surface area contributed by atoms with E-state index in [1.807, 2.05) is 19.1 Å². The van der Waals surface area contributed by atoms with Crippen LogP contribution in [0.25, 0.3) is 44.2 Å². The zero-order chi connectivity index (χ0) is 40.1. The first-order valence-electron chi connectivity index (χ1n) is 20.4. The minimum absolute atomic E-state index is 0.210. The predicted octanol–water partition coefficient (Wildman–Crippen LogP) is 15.8. The molecule has 0 aromatic heterocycles. The zero-order valence-corrected chi connectivity index (χ0v) is 33.7. The third-order valence-corrected chi connectivity index (χ3v) is 12.1. The molecule has 0 unspecified atom stereocenters. The second-order valence-electron chi connectivity index (χ2n) is 15.9. The topological polar surface area (TPSA) is 18.5 Å². The number of nitrogens with one attached hydrogen (secondary N) is 1. The number of nitrogens with zero attached hydrogens (tertiary/aromatic N) is 2. The maximum Gasteiger partial charge on any atom is 0.0485 e. The van der Waals surface area contributed by atoms with Crippen LogP contribution >= 0.6 is 0 Å². The van der Waals surface area contributed by atoms with Gasteiger partial charge < -0.3 is 15.1 Å². The van der Waals surface area contributed by atoms with E-state index < -0.39 is 0 Å². The van der Waals surface area contributed by atoms with Crippen LogP contribution in [0.15, 0.2) is 213 Å². The Morgan fingerprint density at radius 2 is 1.12 bits per heavy atom. The van der Waals surface area contributed by atoms with Crippen LogP contribution in [0.5, 0.6) is 0 Å². The summed E-state index contributed by atoms with van der Waals surface area (Å²) >= 11 is 0. The van der Waals surface area contributed by atoms with Gasteiger partial charge in [-0.05, 0) is 136 Å². The highest BCUT2D eigenvalue weighted by Crippen LogP contribution is 2.53. The second-order valence-corrected chi connectivity index (χ2v) is 15.9. The number of rotatable bonds is 9. The van der Waals surface area contributed by atoms with Crippen molar-refractivity contribution in [3.05, 3.63) is 224 Å². The lowest BCUT2D eigenvalue weighted by Gasteiger charge is -2.29. The largest absolute Gasteiger partial charge is 0.354 e. The fraction of sp³-hybridized carbons (Fsp3) is 0.0714. The molecule has 1 N–H and O–H groups in total. The molecular weight excluding hydrogens is 715 g/mol. The van der Waals surface area contributed by atoms with E-state index in [-0.39, 0.29) is 5.41 Å². The molecule has 8 aromatic carbocycles. The summed E-state index contributed by atoms with van der Waals surface area (Å²) in [7, 11) is 0. The van der Waals surface area contributed by atoms with Gasteiger partial charge in [0.1, 0.15) is 0 Å². The average molecular weight is 760 g/mol. The first-order valence-corrected chi connectivity index (χ1v) is 20.4. The van der Waals surface area contributed by atoms with Gasteiger partial charge >= 0.3 is 0 Å². The molecule has 284 valence electrons. The van der Waals surface area contributed by atoms with Crippen LogP contribution in [0.4, 0.5) is 39.8 Å². The lowest BCUT2D eigenvalue weighted by Crippen LogP contribution is -2.18. The molecule has 0 spiro atoms. The number of benzene rings is 8. The minimum atomic E-state index is -0.210. The van der Waals surface area contributed by atoms with E-state index in [1.165, 1.54) is 55.3 Å². The van der Waals surface area contributed by atoms with E-state index in [1.54, 1.807) is 0 Å². The molecule has 3 nitrogen and oxygen atoms in total. The lowest BCUT2D eigenvalue weighted by atomic mass is 9.81. The molecule has 59 heavy (non-hydrogen) atoms. The Balaban J connectivity index is 1.03. The van der Waals surface area contributed by atoms with Crippen LogP contribution in [0, 0.1) is 0 Å². The molecule has 0 atom stereocenters. The van der Waals surface area contributed by atoms with E-state index in [9.17, 15) is 0 Å². The second kappa shape index (κ2) is 14.5. The van der Waals surface area contributed by atoms with Crippen molar-refractivity contribution < 1.29 is 0 Å². The van der Waals surface area contributed by atoms with Crippen molar-refractivity contribution >= 4 is 50.6 Å². The van der Waals surface area contributed by atoms with Gasteiger partial charge in [-0.3, -0.25) is 0 Å². The van der Waals surface area contributed by atoms with Crippen LogP contribution in [-0.4, -0.2) is 0 Å². The Kier molecular flexibility index (Phi) is 8.87. The van der Waals surface area contributed by atoms with Gasteiger partial charge in [-0.2, -0.15) is 0 Å². The van der Waals surface area contributed by atoms with Crippen molar-refractivity contribution in [3.63, 3.8) is 0 Å². The maximum absolute atomic E-state index is 4.19. The molecule has 2 aliphatic rings. The van der Waals surface area contributed by atoms with Crippen molar-refractivity contribution in [1.82, 2.24) is 0 Å². The maximum atomic E-state index is 4.19. The molecule has 0 amide bonds. The van der Waals surface area contributed by atoms with Gasteiger partial charge in [0.15, 0.2) is 0 Å². The molecule has 1 heterocycles. The number of hydrogen-bond acceptors (Lipinski definition) is 3. The summed E-state index contributed by atoms with van der Waals surface area (Å²) in [4.78, 5) is 4.61. The predicted molar refractivity (Wildman–Crippen MR) is 252 cm³/mol. The highest BCUT2D eigenvalue weighted by atomic mass is 15.2. The fourth-order valence-corrected chi connectivity index (χ4v) is 9.23. The highest BCUT2D eigenvalue weighted by molar-refractivity contribution is 6.16. The van der Waals surface area contributed by atoms with Crippen LogP contribution in [-0.2, 0) is 5.41 Å². The van der Waals surface area contributed by atoms with Gasteiger partial charge in [0.05, 0.1) is 0 Å². The Labute approximate surface area is 347 Å². The number of anilines is 7. The smallest absolute Gasteiger partial charge is 0.0485 e. The third kappa shape index (κ3) is 6.06. The number of fused-ring (bicyclic) bond motifs is 5. The zero-order valence-electron chi connectivity index (χ0n) is 33.7. The molecule has 0 saturated heterocycles. The fourth-order valence-electron chi connectivity index (χ4n) is 9.23. The summed E-state index contributed by atoms with van der Waals surface area (Å²) < 4.78 is 0.